The fraction of sp³-hybridized carbons (Fsp3) is 0.778. The number of hydrogen-bond acceptors (Lipinski definition) is 6. The minimum atomic E-state index is 0.351. The molecular weight excluding hydrogens is 214 g/mol. The van der Waals surface area contributed by atoms with Crippen LogP contribution in [-0.4, -0.2) is 41.8 Å². The molecule has 1 aliphatic rings. The van der Waals surface area contributed by atoms with Crippen molar-refractivity contribution in [1.82, 2.24) is 15.5 Å². The Morgan fingerprint density at radius 3 is 3.00 bits per heavy atom. The van der Waals surface area contributed by atoms with E-state index in [9.17, 15) is 0 Å². The summed E-state index contributed by atoms with van der Waals surface area (Å²) in [5.41, 5.74) is 0. The number of rotatable bonds is 3. The molecule has 1 aromatic heterocycles. The predicted octanol–water partition coefficient (Wildman–Crippen LogP) is 0.847. The first-order chi connectivity index (χ1) is 7.29. The van der Waals surface area contributed by atoms with Crippen LogP contribution in [0.2, 0.25) is 0 Å². The van der Waals surface area contributed by atoms with Crippen LogP contribution >= 0.6 is 11.8 Å². The second kappa shape index (κ2) is 4.96. The van der Waals surface area contributed by atoms with Gasteiger partial charge < -0.3 is 14.5 Å². The number of ether oxygens (including phenoxy) is 1. The standard InChI is InChI=1S/C9H15N3O2S/c1-6-11-12-9(14-6)15-8-5-13-4-3-7(8)10-2/h7-8,10H,3-5H2,1-2H3. The molecule has 6 heteroatoms. The van der Waals surface area contributed by atoms with Gasteiger partial charge >= 0.3 is 0 Å². The highest BCUT2D eigenvalue weighted by molar-refractivity contribution is 7.99. The maximum atomic E-state index is 5.44. The Bertz CT molecular complexity index is 318. The summed E-state index contributed by atoms with van der Waals surface area (Å²) in [7, 11) is 1.97. The van der Waals surface area contributed by atoms with Crippen LogP contribution in [0.3, 0.4) is 0 Å². The van der Waals surface area contributed by atoms with E-state index >= 15 is 0 Å². The van der Waals surface area contributed by atoms with Crippen LogP contribution in [0.25, 0.3) is 0 Å². The third-order valence-corrected chi connectivity index (χ3v) is 3.57. The van der Waals surface area contributed by atoms with E-state index in [0.717, 1.165) is 19.6 Å². The van der Waals surface area contributed by atoms with Crippen LogP contribution in [0.15, 0.2) is 9.64 Å². The monoisotopic (exact) mass is 229 g/mol. The molecule has 0 aliphatic carbocycles. The molecule has 0 bridgehead atoms. The van der Waals surface area contributed by atoms with Crippen molar-refractivity contribution in [2.45, 2.75) is 29.9 Å². The Morgan fingerprint density at radius 2 is 2.33 bits per heavy atom. The van der Waals surface area contributed by atoms with Crippen molar-refractivity contribution in [2.75, 3.05) is 20.3 Å². The Hall–Kier alpha value is -0.590. The molecule has 2 rings (SSSR count). The number of aromatic nitrogens is 2. The zero-order valence-electron chi connectivity index (χ0n) is 8.90. The molecule has 1 saturated heterocycles. The first-order valence-corrected chi connectivity index (χ1v) is 5.89. The van der Waals surface area contributed by atoms with E-state index in [-0.39, 0.29) is 0 Å². The smallest absolute Gasteiger partial charge is 0.276 e. The van der Waals surface area contributed by atoms with Crippen molar-refractivity contribution < 1.29 is 9.15 Å². The van der Waals surface area contributed by atoms with Crippen molar-refractivity contribution >= 4 is 11.8 Å². The normalized spacial score (nSPS) is 26.8. The van der Waals surface area contributed by atoms with Gasteiger partial charge in [0.05, 0.1) is 11.9 Å². The Kier molecular flexibility index (Phi) is 3.61. The summed E-state index contributed by atoms with van der Waals surface area (Å²) in [5.74, 6) is 0.607. The predicted molar refractivity (Wildman–Crippen MR) is 57.0 cm³/mol. The van der Waals surface area contributed by atoms with Crippen LogP contribution in [0.5, 0.6) is 0 Å². The van der Waals surface area contributed by atoms with Crippen molar-refractivity contribution in [2.24, 2.45) is 0 Å². The van der Waals surface area contributed by atoms with Gasteiger partial charge in [0, 0.05) is 19.6 Å². The quantitative estimate of drug-likeness (QED) is 0.829. The molecule has 0 aromatic carbocycles. The van der Waals surface area contributed by atoms with Gasteiger partial charge in [-0.25, -0.2) is 0 Å². The fourth-order valence-electron chi connectivity index (χ4n) is 1.61. The van der Waals surface area contributed by atoms with E-state index in [1.54, 1.807) is 18.7 Å². The van der Waals surface area contributed by atoms with Gasteiger partial charge in [0.2, 0.25) is 5.89 Å². The number of aryl methyl sites for hydroxylation is 1. The number of hydrogen-bond donors (Lipinski definition) is 1. The third-order valence-electron chi connectivity index (χ3n) is 2.43. The maximum Gasteiger partial charge on any atom is 0.276 e. The molecule has 2 atom stereocenters. The van der Waals surface area contributed by atoms with E-state index in [1.807, 2.05) is 7.05 Å². The Balaban J connectivity index is 1.97. The highest BCUT2D eigenvalue weighted by Crippen LogP contribution is 2.27. The highest BCUT2D eigenvalue weighted by Gasteiger charge is 2.27. The topological polar surface area (TPSA) is 60.2 Å². The van der Waals surface area contributed by atoms with Gasteiger partial charge in [0.25, 0.3) is 5.22 Å². The molecule has 0 saturated carbocycles. The summed E-state index contributed by atoms with van der Waals surface area (Å²) in [6.45, 7) is 3.35. The number of nitrogens with zero attached hydrogens (tertiary/aromatic N) is 2. The molecule has 2 unspecified atom stereocenters. The maximum absolute atomic E-state index is 5.44. The zero-order chi connectivity index (χ0) is 10.7. The van der Waals surface area contributed by atoms with Gasteiger partial charge in [0.1, 0.15) is 0 Å². The Labute approximate surface area is 93.0 Å². The van der Waals surface area contributed by atoms with Crippen LogP contribution in [0.4, 0.5) is 0 Å². The second-order valence-corrected chi connectivity index (χ2v) is 4.69. The number of nitrogens with one attached hydrogen (secondary N) is 1. The van der Waals surface area contributed by atoms with E-state index in [2.05, 4.69) is 15.5 Å². The largest absolute Gasteiger partial charge is 0.416 e. The zero-order valence-corrected chi connectivity index (χ0v) is 9.71. The molecule has 1 N–H and O–H groups in total. The van der Waals surface area contributed by atoms with Gasteiger partial charge in [-0.05, 0) is 13.5 Å². The minimum absolute atomic E-state index is 0.351. The lowest BCUT2D eigenvalue weighted by Crippen LogP contribution is -2.43. The molecule has 1 fully saturated rings. The molecule has 0 spiro atoms. The van der Waals surface area contributed by atoms with Crippen LogP contribution in [0, 0.1) is 6.92 Å². The molecule has 5 nitrogen and oxygen atoms in total. The summed E-state index contributed by atoms with van der Waals surface area (Å²) in [6.07, 6.45) is 1.03. The lowest BCUT2D eigenvalue weighted by atomic mass is 10.1. The van der Waals surface area contributed by atoms with E-state index < -0.39 is 0 Å². The van der Waals surface area contributed by atoms with Crippen LogP contribution < -0.4 is 5.32 Å². The van der Waals surface area contributed by atoms with Gasteiger partial charge in [-0.15, -0.1) is 10.2 Å². The Morgan fingerprint density at radius 1 is 1.47 bits per heavy atom. The van der Waals surface area contributed by atoms with E-state index in [1.165, 1.54) is 0 Å². The summed E-state index contributed by atoms with van der Waals surface area (Å²) < 4.78 is 10.8. The highest BCUT2D eigenvalue weighted by atomic mass is 32.2. The molecule has 1 aromatic rings. The second-order valence-electron chi connectivity index (χ2n) is 3.50. The van der Waals surface area contributed by atoms with Crippen molar-refractivity contribution in [1.29, 1.82) is 0 Å². The van der Waals surface area contributed by atoms with Crippen molar-refractivity contribution in [3.8, 4) is 0 Å². The lowest BCUT2D eigenvalue weighted by molar-refractivity contribution is 0.0847. The van der Waals surface area contributed by atoms with Gasteiger partial charge in [-0.1, -0.05) is 11.8 Å². The summed E-state index contributed by atoms with van der Waals surface area (Å²) >= 11 is 1.59. The molecule has 2 heterocycles. The molecule has 1 aliphatic heterocycles. The third kappa shape index (κ3) is 2.70. The number of thioether (sulfide) groups is 1. The van der Waals surface area contributed by atoms with Crippen LogP contribution in [0.1, 0.15) is 12.3 Å². The average molecular weight is 229 g/mol. The van der Waals surface area contributed by atoms with E-state index in [4.69, 9.17) is 9.15 Å². The molecule has 84 valence electrons. The first kappa shape index (κ1) is 10.9. The van der Waals surface area contributed by atoms with Crippen LogP contribution in [-0.2, 0) is 4.74 Å². The van der Waals surface area contributed by atoms with Crippen molar-refractivity contribution in [3.05, 3.63) is 5.89 Å². The molecule has 0 radical (unpaired) electrons. The van der Waals surface area contributed by atoms with Crippen molar-refractivity contribution in [3.63, 3.8) is 0 Å². The SMILES string of the molecule is CNC1CCOCC1Sc1nnc(C)o1. The minimum Gasteiger partial charge on any atom is -0.416 e. The fourth-order valence-corrected chi connectivity index (χ4v) is 2.73. The van der Waals surface area contributed by atoms with Gasteiger partial charge in [-0.2, -0.15) is 0 Å². The summed E-state index contributed by atoms with van der Waals surface area (Å²) in [4.78, 5) is 0. The van der Waals surface area contributed by atoms with E-state index in [0.29, 0.717) is 22.4 Å². The molecular formula is C9H15N3O2S. The summed E-state index contributed by atoms with van der Waals surface area (Å²) in [6, 6.07) is 0.455. The molecule has 0 amide bonds. The van der Waals surface area contributed by atoms with Gasteiger partial charge in [-0.3, -0.25) is 0 Å². The lowest BCUT2D eigenvalue weighted by Gasteiger charge is -2.29. The van der Waals surface area contributed by atoms with Gasteiger partial charge in [0.15, 0.2) is 0 Å². The average Bonchev–Trinajstić information content (AvgIpc) is 2.65. The first-order valence-electron chi connectivity index (χ1n) is 5.01. The molecule has 15 heavy (non-hydrogen) atoms. The summed E-state index contributed by atoms with van der Waals surface area (Å²) in [5, 5.41) is 12.0.